The van der Waals surface area contributed by atoms with Crippen molar-refractivity contribution in [3.05, 3.63) is 18.1 Å². The molecule has 0 aromatic carbocycles. The average Bonchev–Trinajstić information content (AvgIpc) is 3.15. The average molecular weight is 407 g/mol. The summed E-state index contributed by atoms with van der Waals surface area (Å²) in [5, 5.41) is 12.3. The molecule has 11 heteroatoms. The zero-order chi connectivity index (χ0) is 20.6. The van der Waals surface area contributed by atoms with Gasteiger partial charge in [-0.25, -0.2) is 9.97 Å². The molecule has 2 N–H and O–H groups in total. The van der Waals surface area contributed by atoms with Gasteiger partial charge in [-0.05, 0) is 25.8 Å². The van der Waals surface area contributed by atoms with Crippen LogP contribution in [-0.2, 0) is 4.79 Å². The molecule has 1 saturated heterocycles. The van der Waals surface area contributed by atoms with E-state index >= 15 is 0 Å². The SMILES string of the molecule is Cc1nc(N2CCCC(C(=O)NCCC(F)(F)F)C2)c2c(nnc3nccc32)[nH]1. The molecule has 29 heavy (non-hydrogen) atoms. The molecule has 1 amide bonds. The summed E-state index contributed by atoms with van der Waals surface area (Å²) in [5.41, 5.74) is 1.08. The van der Waals surface area contributed by atoms with E-state index in [0.717, 1.165) is 17.2 Å². The highest BCUT2D eigenvalue weighted by atomic mass is 19.4. The number of aromatic amines is 1. The van der Waals surface area contributed by atoms with Crippen LogP contribution in [0.5, 0.6) is 0 Å². The lowest BCUT2D eigenvalue weighted by Crippen LogP contribution is -2.44. The largest absolute Gasteiger partial charge is 0.390 e. The van der Waals surface area contributed by atoms with Crippen molar-refractivity contribution in [3.63, 3.8) is 0 Å². The monoisotopic (exact) mass is 407 g/mol. The van der Waals surface area contributed by atoms with Crippen LogP contribution in [0.1, 0.15) is 25.1 Å². The van der Waals surface area contributed by atoms with Crippen molar-refractivity contribution < 1.29 is 18.0 Å². The maximum Gasteiger partial charge on any atom is 0.390 e. The number of anilines is 1. The second-order valence-electron chi connectivity index (χ2n) is 7.19. The Morgan fingerprint density at radius 2 is 2.21 bits per heavy atom. The van der Waals surface area contributed by atoms with Crippen LogP contribution < -0.4 is 10.2 Å². The van der Waals surface area contributed by atoms with Crippen LogP contribution in [0.4, 0.5) is 19.0 Å². The van der Waals surface area contributed by atoms with E-state index in [1.807, 2.05) is 17.9 Å². The van der Waals surface area contributed by atoms with Crippen LogP contribution in [0, 0.1) is 12.8 Å². The molecular formula is C18H20F3N7O. The van der Waals surface area contributed by atoms with Gasteiger partial charge in [0.25, 0.3) is 0 Å². The highest BCUT2D eigenvalue weighted by Gasteiger charge is 2.30. The number of alkyl halides is 3. The van der Waals surface area contributed by atoms with Gasteiger partial charge >= 0.3 is 6.18 Å². The Balaban J connectivity index is 1.59. The number of carbonyl (C=O) groups excluding carboxylic acids is 1. The van der Waals surface area contributed by atoms with E-state index < -0.39 is 25.1 Å². The highest BCUT2D eigenvalue weighted by molar-refractivity contribution is 6.07. The molecule has 3 aromatic heterocycles. The van der Waals surface area contributed by atoms with Crippen molar-refractivity contribution in [1.82, 2.24) is 30.5 Å². The first-order valence-electron chi connectivity index (χ1n) is 9.39. The molecule has 8 nitrogen and oxygen atoms in total. The maximum atomic E-state index is 12.4. The number of aryl methyl sites for hydroxylation is 1. The molecule has 0 bridgehead atoms. The Morgan fingerprint density at radius 3 is 3.00 bits per heavy atom. The van der Waals surface area contributed by atoms with Crippen LogP contribution in [0.15, 0.2) is 12.3 Å². The van der Waals surface area contributed by atoms with Crippen LogP contribution in [0.3, 0.4) is 0 Å². The van der Waals surface area contributed by atoms with E-state index in [4.69, 9.17) is 0 Å². The van der Waals surface area contributed by atoms with Gasteiger partial charge in [0.1, 0.15) is 11.6 Å². The summed E-state index contributed by atoms with van der Waals surface area (Å²) >= 11 is 0. The van der Waals surface area contributed by atoms with Crippen LogP contribution in [0.25, 0.3) is 22.1 Å². The quantitative estimate of drug-likeness (QED) is 0.689. The molecule has 4 heterocycles. The third-order valence-electron chi connectivity index (χ3n) is 5.03. The van der Waals surface area contributed by atoms with E-state index in [1.165, 1.54) is 0 Å². The summed E-state index contributed by atoms with van der Waals surface area (Å²) in [7, 11) is 0. The van der Waals surface area contributed by atoms with Gasteiger partial charge in [-0.15, -0.1) is 10.2 Å². The number of piperidine rings is 1. The Labute approximate surface area is 163 Å². The highest BCUT2D eigenvalue weighted by Crippen LogP contribution is 2.31. The minimum absolute atomic E-state index is 0.359. The van der Waals surface area contributed by atoms with Gasteiger partial charge in [0, 0.05) is 31.2 Å². The number of carbonyl (C=O) groups is 1. The molecule has 1 aliphatic heterocycles. The maximum absolute atomic E-state index is 12.4. The number of aromatic nitrogens is 5. The number of halogens is 3. The molecule has 1 unspecified atom stereocenters. The smallest absolute Gasteiger partial charge is 0.355 e. The first kappa shape index (κ1) is 19.3. The van der Waals surface area contributed by atoms with Gasteiger partial charge in [0.05, 0.1) is 17.7 Å². The van der Waals surface area contributed by atoms with Crippen molar-refractivity contribution in [3.8, 4) is 0 Å². The molecular weight excluding hydrogens is 387 g/mol. The van der Waals surface area contributed by atoms with Crippen molar-refractivity contribution in [2.45, 2.75) is 32.4 Å². The third-order valence-corrected chi connectivity index (χ3v) is 5.03. The fourth-order valence-corrected chi connectivity index (χ4v) is 3.69. The number of rotatable bonds is 4. The van der Waals surface area contributed by atoms with Crippen molar-refractivity contribution in [2.75, 3.05) is 24.5 Å². The summed E-state index contributed by atoms with van der Waals surface area (Å²) < 4.78 is 37.0. The van der Waals surface area contributed by atoms with Gasteiger partial charge in [-0.2, -0.15) is 13.2 Å². The third kappa shape index (κ3) is 4.08. The molecule has 0 aliphatic carbocycles. The van der Waals surface area contributed by atoms with Crippen LogP contribution in [-0.4, -0.2) is 56.9 Å². The van der Waals surface area contributed by atoms with Gasteiger partial charge < -0.3 is 15.2 Å². The Kier molecular flexibility index (Phi) is 4.97. The standard InChI is InChI=1S/C18H20F3N7O/c1-10-24-15-13(12-4-6-22-14(12)26-27-15)16(25-10)28-8-2-3-11(9-28)17(29)23-7-5-18(19,20)21/h4,6,11H,2-3,5,7-9H2,1H3,(H,23,29)(H,24,25,27). The van der Waals surface area contributed by atoms with E-state index in [1.54, 1.807) is 6.20 Å². The minimum atomic E-state index is -4.28. The van der Waals surface area contributed by atoms with Gasteiger partial charge in [0.15, 0.2) is 11.3 Å². The number of hydrogen-bond acceptors (Lipinski definition) is 6. The predicted octanol–water partition coefficient (Wildman–Crippen LogP) is 2.49. The zero-order valence-electron chi connectivity index (χ0n) is 15.8. The Morgan fingerprint density at radius 1 is 1.38 bits per heavy atom. The molecule has 1 atom stereocenters. The molecule has 154 valence electrons. The summed E-state index contributed by atoms with van der Waals surface area (Å²) in [6.07, 6.45) is -2.31. The first-order chi connectivity index (χ1) is 13.8. The number of nitrogens with zero attached hydrogens (tertiary/aromatic N) is 5. The van der Waals surface area contributed by atoms with E-state index in [0.29, 0.717) is 42.4 Å². The fraction of sp³-hybridized carbons (Fsp3) is 0.500. The Bertz CT molecular complexity index is 1050. The van der Waals surface area contributed by atoms with E-state index in [-0.39, 0.29) is 5.91 Å². The zero-order valence-corrected chi connectivity index (χ0v) is 15.8. The van der Waals surface area contributed by atoms with Crippen molar-refractivity contribution in [1.29, 1.82) is 0 Å². The molecule has 0 saturated carbocycles. The van der Waals surface area contributed by atoms with Gasteiger partial charge in [-0.1, -0.05) is 0 Å². The van der Waals surface area contributed by atoms with Crippen molar-refractivity contribution in [2.24, 2.45) is 5.92 Å². The normalized spacial score (nSPS) is 17.8. The van der Waals surface area contributed by atoms with Gasteiger partial charge in [-0.3, -0.25) is 4.79 Å². The van der Waals surface area contributed by atoms with Crippen LogP contribution in [0.2, 0.25) is 0 Å². The molecule has 1 fully saturated rings. The molecule has 0 radical (unpaired) electrons. The first-order valence-corrected chi connectivity index (χ1v) is 9.39. The van der Waals surface area contributed by atoms with Crippen LogP contribution >= 0.6 is 0 Å². The summed E-state index contributed by atoms with van der Waals surface area (Å²) in [6, 6.07) is 1.84. The molecule has 0 spiro atoms. The lowest BCUT2D eigenvalue weighted by molar-refractivity contribution is -0.136. The lowest BCUT2D eigenvalue weighted by atomic mass is 9.96. The minimum Gasteiger partial charge on any atom is -0.355 e. The predicted molar refractivity (Wildman–Crippen MR) is 100 cm³/mol. The summed E-state index contributed by atoms with van der Waals surface area (Å²) in [6.45, 7) is 2.47. The van der Waals surface area contributed by atoms with Gasteiger partial charge in [0.2, 0.25) is 5.91 Å². The van der Waals surface area contributed by atoms with Crippen molar-refractivity contribution >= 4 is 33.8 Å². The lowest BCUT2D eigenvalue weighted by Gasteiger charge is -2.33. The summed E-state index contributed by atoms with van der Waals surface area (Å²) in [4.78, 5) is 26.3. The Hall–Kier alpha value is -2.98. The number of nitrogens with one attached hydrogen (secondary N) is 2. The summed E-state index contributed by atoms with van der Waals surface area (Å²) in [5.74, 6) is 0.568. The number of amides is 1. The molecule has 4 rings (SSSR count). The fourth-order valence-electron chi connectivity index (χ4n) is 3.69. The second kappa shape index (κ2) is 7.45. The number of fused-ring (bicyclic) bond motifs is 3. The molecule has 1 aliphatic rings. The number of hydrogen-bond donors (Lipinski definition) is 2. The van der Waals surface area contributed by atoms with E-state index in [9.17, 15) is 18.0 Å². The topological polar surface area (TPSA) is 99.7 Å². The van der Waals surface area contributed by atoms with E-state index in [2.05, 4.69) is 30.5 Å². The second-order valence-corrected chi connectivity index (χ2v) is 7.19. The molecule has 3 aromatic rings. The number of H-pyrrole nitrogens is 1.